The van der Waals surface area contributed by atoms with Crippen LogP contribution in [0.15, 0.2) is 24.3 Å². The highest BCUT2D eigenvalue weighted by atomic mass is 32.2. The second kappa shape index (κ2) is 3.62. The van der Waals surface area contributed by atoms with E-state index in [0.29, 0.717) is 18.7 Å². The van der Waals surface area contributed by atoms with Gasteiger partial charge in [-0.15, -0.1) is 0 Å². The number of fused-ring (bicyclic) bond motifs is 3. The lowest BCUT2D eigenvalue weighted by atomic mass is 9.79. The molecule has 2 atom stereocenters. The van der Waals surface area contributed by atoms with Gasteiger partial charge < -0.3 is 5.32 Å². The van der Waals surface area contributed by atoms with Gasteiger partial charge in [0, 0.05) is 11.3 Å². The minimum atomic E-state index is -1.16. The summed E-state index contributed by atoms with van der Waals surface area (Å²) in [6.45, 7) is 0.509. The van der Waals surface area contributed by atoms with E-state index < -0.39 is 15.5 Å². The molecule has 0 bridgehead atoms. The molecule has 0 aromatic heterocycles. The van der Waals surface area contributed by atoms with Gasteiger partial charge in [0.25, 0.3) is 11.1 Å². The number of thioether (sulfide) groups is 1. The lowest BCUT2D eigenvalue weighted by Crippen LogP contribution is -2.59. The maximum atomic E-state index is 12.6. The summed E-state index contributed by atoms with van der Waals surface area (Å²) in [6, 6.07) is 7.28. The molecule has 7 heteroatoms. The Bertz CT molecular complexity index is 677. The monoisotopic (exact) mass is 289 g/mol. The summed E-state index contributed by atoms with van der Waals surface area (Å²) in [4.78, 5) is 36.6. The van der Waals surface area contributed by atoms with Crippen LogP contribution in [-0.2, 0) is 15.1 Å². The number of anilines is 1. The lowest BCUT2D eigenvalue weighted by Gasteiger charge is -2.34. The number of benzene rings is 1. The summed E-state index contributed by atoms with van der Waals surface area (Å²) >= 11 is 0.924. The zero-order valence-corrected chi connectivity index (χ0v) is 11.2. The number of carbonyl (C=O) groups excluding carboxylic acids is 3. The first-order valence-corrected chi connectivity index (χ1v) is 7.12. The molecule has 2 unspecified atom stereocenters. The smallest absolute Gasteiger partial charge is 0.286 e. The number of carbonyl (C=O) groups is 3. The zero-order chi connectivity index (χ0) is 14.0. The van der Waals surface area contributed by atoms with Crippen LogP contribution in [0.25, 0.3) is 0 Å². The van der Waals surface area contributed by atoms with Crippen LogP contribution in [0.2, 0.25) is 0 Å². The molecule has 102 valence electrons. The van der Waals surface area contributed by atoms with Crippen LogP contribution in [0.4, 0.5) is 10.5 Å². The van der Waals surface area contributed by atoms with E-state index in [-0.39, 0.29) is 11.8 Å². The van der Waals surface area contributed by atoms with Gasteiger partial charge >= 0.3 is 0 Å². The van der Waals surface area contributed by atoms with Gasteiger partial charge in [-0.3, -0.25) is 25.0 Å². The number of rotatable bonds is 0. The summed E-state index contributed by atoms with van der Waals surface area (Å²) in [6.07, 6.45) is 0.441. The van der Waals surface area contributed by atoms with Gasteiger partial charge in [-0.25, -0.2) is 0 Å². The second-order valence-electron chi connectivity index (χ2n) is 5.10. The first-order chi connectivity index (χ1) is 9.60. The third-order valence-corrected chi connectivity index (χ3v) is 5.57. The summed E-state index contributed by atoms with van der Waals surface area (Å²) < 4.78 is -1.10. The molecule has 0 saturated carbocycles. The van der Waals surface area contributed by atoms with Crippen molar-refractivity contribution in [1.29, 1.82) is 0 Å². The maximum absolute atomic E-state index is 12.6. The van der Waals surface area contributed by atoms with E-state index in [0.717, 1.165) is 17.3 Å². The van der Waals surface area contributed by atoms with Crippen LogP contribution < -0.4 is 16.0 Å². The molecule has 3 aliphatic heterocycles. The average molecular weight is 289 g/mol. The molecular formula is C13H11N3O3S. The fourth-order valence-corrected chi connectivity index (χ4v) is 4.66. The molecule has 3 N–H and O–H groups in total. The molecule has 20 heavy (non-hydrogen) atoms. The van der Waals surface area contributed by atoms with Gasteiger partial charge in [0.1, 0.15) is 4.75 Å². The van der Waals surface area contributed by atoms with Crippen molar-refractivity contribution in [1.82, 2.24) is 10.6 Å². The molecule has 3 heterocycles. The van der Waals surface area contributed by atoms with Gasteiger partial charge in [-0.1, -0.05) is 18.2 Å². The molecule has 2 spiro atoms. The van der Waals surface area contributed by atoms with Crippen molar-refractivity contribution in [3.63, 3.8) is 0 Å². The van der Waals surface area contributed by atoms with Gasteiger partial charge in [0.2, 0.25) is 5.91 Å². The Morgan fingerprint density at radius 1 is 1.05 bits per heavy atom. The number of hydrogen-bond donors (Lipinski definition) is 3. The van der Waals surface area contributed by atoms with E-state index in [2.05, 4.69) is 16.0 Å². The fraction of sp³-hybridized carbons (Fsp3) is 0.308. The van der Waals surface area contributed by atoms with E-state index in [1.165, 1.54) is 0 Å². The molecule has 2 saturated heterocycles. The number of hydrogen-bond acceptors (Lipinski definition) is 5. The molecule has 1 aromatic carbocycles. The largest absolute Gasteiger partial charge is 0.324 e. The van der Waals surface area contributed by atoms with Crippen molar-refractivity contribution in [3.05, 3.63) is 29.8 Å². The normalized spacial score (nSPS) is 34.7. The topological polar surface area (TPSA) is 87.3 Å². The number of para-hydroxylation sites is 1. The van der Waals surface area contributed by atoms with Crippen molar-refractivity contribution in [2.45, 2.75) is 16.7 Å². The zero-order valence-electron chi connectivity index (χ0n) is 10.4. The first kappa shape index (κ1) is 11.9. The third-order valence-electron chi connectivity index (χ3n) is 4.24. The number of amides is 3. The standard InChI is InChI=1S/C13H11N3O3S/c17-9-12(20-11(19)16-9)5-6-14-13(12)7-3-1-2-4-8(7)15-10(13)18/h1-4,14H,5-6H2,(H,15,18)(H,16,17,19). The van der Waals surface area contributed by atoms with E-state index in [4.69, 9.17) is 0 Å². The Hall–Kier alpha value is -1.86. The first-order valence-electron chi connectivity index (χ1n) is 6.31. The highest BCUT2D eigenvalue weighted by Crippen LogP contribution is 2.55. The summed E-state index contributed by atoms with van der Waals surface area (Å²) in [5.74, 6) is -0.655. The van der Waals surface area contributed by atoms with E-state index in [1.54, 1.807) is 6.07 Å². The van der Waals surface area contributed by atoms with Crippen LogP contribution >= 0.6 is 11.8 Å². The Morgan fingerprint density at radius 3 is 2.60 bits per heavy atom. The van der Waals surface area contributed by atoms with Crippen LogP contribution in [0.1, 0.15) is 12.0 Å². The quantitative estimate of drug-likeness (QED) is 0.649. The molecule has 0 aliphatic carbocycles. The fourth-order valence-electron chi connectivity index (χ4n) is 3.43. The maximum Gasteiger partial charge on any atom is 0.286 e. The predicted molar refractivity (Wildman–Crippen MR) is 73.2 cm³/mol. The van der Waals surface area contributed by atoms with Crippen molar-refractivity contribution < 1.29 is 14.4 Å². The van der Waals surface area contributed by atoms with E-state index in [1.807, 2.05) is 18.2 Å². The lowest BCUT2D eigenvalue weighted by molar-refractivity contribution is -0.130. The molecule has 4 rings (SSSR count). The van der Waals surface area contributed by atoms with Crippen LogP contribution in [-0.4, -0.2) is 28.3 Å². The summed E-state index contributed by atoms with van der Waals surface area (Å²) in [5.41, 5.74) is 0.267. The van der Waals surface area contributed by atoms with Crippen molar-refractivity contribution in [2.75, 3.05) is 11.9 Å². The predicted octanol–water partition coefficient (Wildman–Crippen LogP) is 0.549. The van der Waals surface area contributed by atoms with Crippen LogP contribution in [0.5, 0.6) is 0 Å². The van der Waals surface area contributed by atoms with Crippen molar-refractivity contribution >= 4 is 34.5 Å². The highest BCUT2D eigenvalue weighted by Gasteiger charge is 2.71. The minimum Gasteiger partial charge on any atom is -0.324 e. The number of nitrogens with one attached hydrogen (secondary N) is 3. The van der Waals surface area contributed by atoms with Crippen molar-refractivity contribution in [3.8, 4) is 0 Å². The molecule has 0 radical (unpaired) electrons. The van der Waals surface area contributed by atoms with E-state index >= 15 is 0 Å². The Kier molecular flexibility index (Phi) is 2.16. The van der Waals surface area contributed by atoms with Gasteiger partial charge in [-0.05, 0) is 30.8 Å². The average Bonchev–Trinajstić information content (AvgIpc) is 3.02. The van der Waals surface area contributed by atoms with Gasteiger partial charge in [-0.2, -0.15) is 0 Å². The SMILES string of the molecule is O=C1NC(=O)C2(CCNC23C(=O)Nc2ccccc23)S1. The molecule has 1 aromatic rings. The third kappa shape index (κ3) is 1.13. The van der Waals surface area contributed by atoms with Gasteiger partial charge in [0.05, 0.1) is 0 Å². The van der Waals surface area contributed by atoms with Gasteiger partial charge in [0.15, 0.2) is 5.54 Å². The molecule has 2 fully saturated rings. The molecule has 3 aliphatic rings. The Labute approximate surface area is 118 Å². The Morgan fingerprint density at radius 2 is 1.85 bits per heavy atom. The molecular weight excluding hydrogens is 278 g/mol. The van der Waals surface area contributed by atoms with E-state index in [9.17, 15) is 14.4 Å². The van der Waals surface area contributed by atoms with Crippen LogP contribution in [0, 0.1) is 0 Å². The van der Waals surface area contributed by atoms with Crippen molar-refractivity contribution in [2.24, 2.45) is 0 Å². The highest BCUT2D eigenvalue weighted by molar-refractivity contribution is 8.16. The Balaban J connectivity index is 1.98. The second-order valence-corrected chi connectivity index (χ2v) is 6.37. The van der Waals surface area contributed by atoms with Crippen LogP contribution in [0.3, 0.4) is 0 Å². The summed E-state index contributed by atoms with van der Waals surface area (Å²) in [5, 5.41) is 7.91. The molecule has 3 amide bonds. The molecule has 6 nitrogen and oxygen atoms in total. The minimum absolute atomic E-state index is 0.270. The number of imide groups is 1. The summed E-state index contributed by atoms with van der Waals surface area (Å²) in [7, 11) is 0.